The molecule has 0 saturated heterocycles. The van der Waals surface area contributed by atoms with Crippen LogP contribution in [-0.4, -0.2) is 11.7 Å². The molecule has 0 fully saturated rings. The first-order valence-electron chi connectivity index (χ1n) is 5.92. The number of benzene rings is 1. The molecular formula is C14H18ClNO2. The topological polar surface area (TPSA) is 53.2 Å². The van der Waals surface area contributed by atoms with Crippen LogP contribution in [0, 0.1) is 16.7 Å². The van der Waals surface area contributed by atoms with Crippen molar-refractivity contribution < 1.29 is 9.84 Å². The zero-order valence-corrected chi connectivity index (χ0v) is 11.5. The number of rotatable bonds is 6. The number of para-hydroxylation sites is 1. The fourth-order valence-corrected chi connectivity index (χ4v) is 1.83. The van der Waals surface area contributed by atoms with Crippen LogP contribution in [0.3, 0.4) is 0 Å². The standard InChI is InChI=1S/C14H18ClNO2/c1-14(2,10-16)7-4-8-18-13-11(9-17)5-3-6-12(13)15/h3,5-6,17H,4,7-9H2,1-2H3. The number of nitrogens with zero attached hydrogens (tertiary/aromatic N) is 1. The molecule has 4 heteroatoms. The Morgan fingerprint density at radius 3 is 2.78 bits per heavy atom. The lowest BCUT2D eigenvalue weighted by Gasteiger charge is -2.16. The molecule has 0 atom stereocenters. The van der Waals surface area contributed by atoms with E-state index < -0.39 is 0 Å². The first-order chi connectivity index (χ1) is 8.50. The fourth-order valence-electron chi connectivity index (χ4n) is 1.58. The van der Waals surface area contributed by atoms with Crippen LogP contribution in [0.1, 0.15) is 32.3 Å². The number of nitriles is 1. The van der Waals surface area contributed by atoms with E-state index in [1.54, 1.807) is 18.2 Å². The molecule has 0 aromatic heterocycles. The van der Waals surface area contributed by atoms with E-state index in [9.17, 15) is 5.11 Å². The Hall–Kier alpha value is -1.24. The van der Waals surface area contributed by atoms with Gasteiger partial charge in [0.1, 0.15) is 5.75 Å². The molecule has 3 nitrogen and oxygen atoms in total. The Morgan fingerprint density at radius 1 is 1.44 bits per heavy atom. The van der Waals surface area contributed by atoms with E-state index in [1.165, 1.54) is 0 Å². The Bertz CT molecular complexity index is 438. The SMILES string of the molecule is CC(C)(C#N)CCCOc1c(Cl)cccc1CO. The van der Waals surface area contributed by atoms with Gasteiger partial charge in [-0.2, -0.15) is 5.26 Å². The summed E-state index contributed by atoms with van der Waals surface area (Å²) in [5.74, 6) is 0.538. The van der Waals surface area contributed by atoms with Gasteiger partial charge < -0.3 is 9.84 Å². The maximum absolute atomic E-state index is 9.19. The molecular weight excluding hydrogens is 250 g/mol. The fraction of sp³-hybridized carbons (Fsp3) is 0.500. The molecule has 1 aromatic rings. The molecule has 0 unspecified atom stereocenters. The second-order valence-corrected chi connectivity index (χ2v) is 5.24. The van der Waals surface area contributed by atoms with Gasteiger partial charge in [-0.3, -0.25) is 0 Å². The maximum atomic E-state index is 9.19. The first-order valence-corrected chi connectivity index (χ1v) is 6.30. The summed E-state index contributed by atoms with van der Waals surface area (Å²) in [5.41, 5.74) is 0.353. The lowest BCUT2D eigenvalue weighted by molar-refractivity contribution is 0.254. The summed E-state index contributed by atoms with van der Waals surface area (Å²) in [6, 6.07) is 7.54. The molecule has 0 aliphatic rings. The average Bonchev–Trinajstić information content (AvgIpc) is 2.36. The van der Waals surface area contributed by atoms with E-state index in [0.29, 0.717) is 22.9 Å². The number of aliphatic hydroxyl groups excluding tert-OH is 1. The van der Waals surface area contributed by atoms with Crippen LogP contribution in [0.25, 0.3) is 0 Å². The summed E-state index contributed by atoms with van der Waals surface area (Å²) in [6.07, 6.45) is 1.54. The third kappa shape index (κ3) is 4.21. The molecule has 0 aliphatic carbocycles. The third-order valence-corrected chi connectivity index (χ3v) is 3.01. The monoisotopic (exact) mass is 267 g/mol. The third-order valence-electron chi connectivity index (χ3n) is 2.71. The van der Waals surface area contributed by atoms with Gasteiger partial charge >= 0.3 is 0 Å². The summed E-state index contributed by atoms with van der Waals surface area (Å²) in [7, 11) is 0. The molecule has 0 bridgehead atoms. The summed E-state index contributed by atoms with van der Waals surface area (Å²) in [4.78, 5) is 0. The highest BCUT2D eigenvalue weighted by atomic mass is 35.5. The van der Waals surface area contributed by atoms with Gasteiger partial charge in [0.25, 0.3) is 0 Å². The number of hydrogen-bond acceptors (Lipinski definition) is 3. The van der Waals surface area contributed by atoms with Gasteiger partial charge in [0, 0.05) is 5.56 Å². The predicted octanol–water partition coefficient (Wildman–Crippen LogP) is 3.54. The molecule has 1 rings (SSSR count). The number of aliphatic hydroxyl groups is 1. The van der Waals surface area contributed by atoms with Crippen LogP contribution in [0.4, 0.5) is 0 Å². The minimum atomic E-state index is -0.330. The van der Waals surface area contributed by atoms with Crippen LogP contribution < -0.4 is 4.74 Å². The second kappa shape index (κ2) is 6.63. The van der Waals surface area contributed by atoms with E-state index in [2.05, 4.69) is 6.07 Å². The van der Waals surface area contributed by atoms with Crippen molar-refractivity contribution in [3.8, 4) is 11.8 Å². The molecule has 0 radical (unpaired) electrons. The highest BCUT2D eigenvalue weighted by molar-refractivity contribution is 6.32. The molecule has 0 heterocycles. The van der Waals surface area contributed by atoms with Gasteiger partial charge in [0.2, 0.25) is 0 Å². The Kier molecular flexibility index (Phi) is 5.46. The van der Waals surface area contributed by atoms with Crippen molar-refractivity contribution in [1.29, 1.82) is 5.26 Å². The van der Waals surface area contributed by atoms with Gasteiger partial charge in [-0.05, 0) is 32.8 Å². The Labute approximate surface area is 113 Å². The van der Waals surface area contributed by atoms with Crippen molar-refractivity contribution in [1.82, 2.24) is 0 Å². The highest BCUT2D eigenvalue weighted by Gasteiger charge is 2.16. The molecule has 1 N–H and O–H groups in total. The zero-order valence-electron chi connectivity index (χ0n) is 10.7. The van der Waals surface area contributed by atoms with Gasteiger partial charge in [0.05, 0.1) is 29.7 Å². The van der Waals surface area contributed by atoms with Crippen LogP contribution in [0.5, 0.6) is 5.75 Å². The van der Waals surface area contributed by atoms with Crippen LogP contribution in [0.2, 0.25) is 5.02 Å². The normalized spacial score (nSPS) is 11.1. The number of halogens is 1. The second-order valence-electron chi connectivity index (χ2n) is 4.83. The van der Waals surface area contributed by atoms with Crippen molar-refractivity contribution in [3.63, 3.8) is 0 Å². The summed E-state index contributed by atoms with van der Waals surface area (Å²) < 4.78 is 5.60. The van der Waals surface area contributed by atoms with Crippen molar-refractivity contribution in [2.45, 2.75) is 33.3 Å². The molecule has 0 aliphatic heterocycles. The van der Waals surface area contributed by atoms with Crippen molar-refractivity contribution in [2.24, 2.45) is 5.41 Å². The molecule has 0 spiro atoms. The van der Waals surface area contributed by atoms with Crippen LogP contribution >= 0.6 is 11.6 Å². The van der Waals surface area contributed by atoms with E-state index in [1.807, 2.05) is 13.8 Å². The lowest BCUT2D eigenvalue weighted by Crippen LogP contribution is -2.10. The molecule has 18 heavy (non-hydrogen) atoms. The van der Waals surface area contributed by atoms with Crippen molar-refractivity contribution >= 4 is 11.6 Å². The largest absolute Gasteiger partial charge is 0.492 e. The Balaban J connectivity index is 2.52. The Morgan fingerprint density at radius 2 is 2.17 bits per heavy atom. The lowest BCUT2D eigenvalue weighted by atomic mass is 9.90. The number of hydrogen-bond donors (Lipinski definition) is 1. The summed E-state index contributed by atoms with van der Waals surface area (Å²) in [5, 5.41) is 18.6. The van der Waals surface area contributed by atoms with E-state index in [4.69, 9.17) is 21.6 Å². The van der Waals surface area contributed by atoms with Gasteiger partial charge in [-0.15, -0.1) is 0 Å². The first kappa shape index (κ1) is 14.8. The van der Waals surface area contributed by atoms with Gasteiger partial charge in [0.15, 0.2) is 0 Å². The predicted molar refractivity (Wildman–Crippen MR) is 71.5 cm³/mol. The summed E-state index contributed by atoms with van der Waals surface area (Å²) >= 11 is 6.02. The molecule has 98 valence electrons. The zero-order chi connectivity index (χ0) is 13.6. The summed E-state index contributed by atoms with van der Waals surface area (Å²) in [6.45, 7) is 4.20. The molecule has 0 amide bonds. The van der Waals surface area contributed by atoms with Gasteiger partial charge in [-0.1, -0.05) is 23.7 Å². The minimum Gasteiger partial charge on any atom is -0.492 e. The van der Waals surface area contributed by atoms with Crippen LogP contribution in [0.15, 0.2) is 18.2 Å². The maximum Gasteiger partial charge on any atom is 0.143 e. The quantitative estimate of drug-likeness (QED) is 0.802. The van der Waals surface area contributed by atoms with E-state index >= 15 is 0 Å². The van der Waals surface area contributed by atoms with E-state index in [0.717, 1.165) is 12.8 Å². The minimum absolute atomic E-state index is 0.0976. The highest BCUT2D eigenvalue weighted by Crippen LogP contribution is 2.29. The van der Waals surface area contributed by atoms with Crippen molar-refractivity contribution in [3.05, 3.63) is 28.8 Å². The average molecular weight is 268 g/mol. The van der Waals surface area contributed by atoms with E-state index in [-0.39, 0.29) is 12.0 Å². The number of ether oxygens (including phenoxy) is 1. The van der Waals surface area contributed by atoms with Crippen LogP contribution in [-0.2, 0) is 6.61 Å². The molecule has 1 aromatic carbocycles. The van der Waals surface area contributed by atoms with Gasteiger partial charge in [-0.25, -0.2) is 0 Å². The van der Waals surface area contributed by atoms with Crippen molar-refractivity contribution in [2.75, 3.05) is 6.61 Å². The molecule has 0 saturated carbocycles. The smallest absolute Gasteiger partial charge is 0.143 e.